The minimum Gasteiger partial charge on any atom is -0.354 e. The zero-order valence-electron chi connectivity index (χ0n) is 16.3. The van der Waals surface area contributed by atoms with Crippen molar-refractivity contribution in [2.24, 2.45) is 0 Å². The van der Waals surface area contributed by atoms with Crippen molar-refractivity contribution in [3.63, 3.8) is 0 Å². The fourth-order valence-electron chi connectivity index (χ4n) is 2.58. The number of nitrogens with one attached hydrogen (secondary N) is 2. The van der Waals surface area contributed by atoms with Gasteiger partial charge in [0.05, 0.1) is 5.75 Å². The second-order valence-electron chi connectivity index (χ2n) is 6.23. The molecule has 0 saturated carbocycles. The van der Waals surface area contributed by atoms with Gasteiger partial charge in [-0.1, -0.05) is 43.0 Å². The van der Waals surface area contributed by atoms with Crippen LogP contribution in [0, 0.1) is 6.92 Å². The Morgan fingerprint density at radius 3 is 2.63 bits per heavy atom. The van der Waals surface area contributed by atoms with E-state index in [-0.39, 0.29) is 17.6 Å². The van der Waals surface area contributed by atoms with Crippen molar-refractivity contribution >= 4 is 23.6 Å². The molecule has 0 radical (unpaired) electrons. The highest BCUT2D eigenvalue weighted by atomic mass is 32.2. The van der Waals surface area contributed by atoms with Gasteiger partial charge in [0.15, 0.2) is 11.0 Å². The fraction of sp³-hybridized carbons (Fsp3) is 0.474. The molecular weight excluding hydrogens is 362 g/mol. The molecule has 0 saturated heterocycles. The van der Waals surface area contributed by atoms with Gasteiger partial charge in [0.1, 0.15) is 6.04 Å². The summed E-state index contributed by atoms with van der Waals surface area (Å²) in [5, 5.41) is 14.7. The number of carbonyl (C=O) groups excluding carboxylic acids is 2. The van der Waals surface area contributed by atoms with Crippen LogP contribution in [0.3, 0.4) is 0 Å². The van der Waals surface area contributed by atoms with Gasteiger partial charge in [0.25, 0.3) is 0 Å². The summed E-state index contributed by atoms with van der Waals surface area (Å²) in [6, 6.07) is 7.46. The molecule has 2 rings (SSSR count). The fourth-order valence-corrected chi connectivity index (χ4v) is 3.40. The lowest BCUT2D eigenvalue weighted by molar-refractivity contribution is -0.127. The highest BCUT2D eigenvalue weighted by Crippen LogP contribution is 2.26. The Labute approximate surface area is 164 Å². The lowest BCUT2D eigenvalue weighted by atomic mass is 10.1. The molecule has 0 aliphatic heterocycles. The highest BCUT2D eigenvalue weighted by Gasteiger charge is 2.18. The van der Waals surface area contributed by atoms with Crippen molar-refractivity contribution in [3.8, 4) is 11.4 Å². The Bertz CT molecular complexity index is 790. The van der Waals surface area contributed by atoms with Gasteiger partial charge in [-0.05, 0) is 32.8 Å². The summed E-state index contributed by atoms with van der Waals surface area (Å²) in [6.07, 6.45) is 0.859. The third-order valence-corrected chi connectivity index (χ3v) is 5.04. The lowest BCUT2D eigenvalue weighted by Gasteiger charge is -2.13. The van der Waals surface area contributed by atoms with Crippen LogP contribution in [-0.2, 0) is 16.1 Å². The molecule has 0 bridgehead atoms. The average Bonchev–Trinajstić information content (AvgIpc) is 3.07. The van der Waals surface area contributed by atoms with Crippen molar-refractivity contribution in [3.05, 3.63) is 29.8 Å². The number of benzene rings is 1. The molecule has 2 N–H and O–H groups in total. The molecule has 2 aromatic rings. The zero-order chi connectivity index (χ0) is 19.8. The molecule has 146 valence electrons. The Hall–Kier alpha value is -2.35. The maximum absolute atomic E-state index is 12.2. The number of rotatable bonds is 9. The number of carbonyl (C=O) groups is 2. The first-order chi connectivity index (χ1) is 13.0. The first-order valence-electron chi connectivity index (χ1n) is 9.17. The van der Waals surface area contributed by atoms with E-state index in [1.807, 2.05) is 49.6 Å². The molecule has 1 aromatic heterocycles. The van der Waals surface area contributed by atoms with Crippen LogP contribution < -0.4 is 10.6 Å². The zero-order valence-corrected chi connectivity index (χ0v) is 17.1. The summed E-state index contributed by atoms with van der Waals surface area (Å²) < 4.78 is 2.00. The Balaban J connectivity index is 1.99. The predicted octanol–water partition coefficient (Wildman–Crippen LogP) is 2.40. The van der Waals surface area contributed by atoms with Gasteiger partial charge in [-0.15, -0.1) is 10.2 Å². The Morgan fingerprint density at radius 2 is 1.96 bits per heavy atom. The first-order valence-corrected chi connectivity index (χ1v) is 10.2. The average molecular weight is 390 g/mol. The van der Waals surface area contributed by atoms with Gasteiger partial charge in [0.2, 0.25) is 11.8 Å². The van der Waals surface area contributed by atoms with Crippen LogP contribution in [0.4, 0.5) is 0 Å². The summed E-state index contributed by atoms with van der Waals surface area (Å²) in [5.41, 5.74) is 2.16. The van der Waals surface area contributed by atoms with Gasteiger partial charge in [-0.3, -0.25) is 9.59 Å². The molecule has 27 heavy (non-hydrogen) atoms. The van der Waals surface area contributed by atoms with E-state index < -0.39 is 6.04 Å². The number of amides is 2. The molecule has 1 heterocycles. The largest absolute Gasteiger partial charge is 0.354 e. The van der Waals surface area contributed by atoms with E-state index in [0.717, 1.165) is 23.4 Å². The second kappa shape index (κ2) is 10.1. The van der Waals surface area contributed by atoms with Crippen molar-refractivity contribution in [2.75, 3.05) is 12.3 Å². The Morgan fingerprint density at radius 1 is 1.22 bits per heavy atom. The summed E-state index contributed by atoms with van der Waals surface area (Å²) >= 11 is 1.32. The number of nitrogens with zero attached hydrogens (tertiary/aromatic N) is 3. The molecule has 2 amide bonds. The van der Waals surface area contributed by atoms with Crippen LogP contribution in [0.25, 0.3) is 11.4 Å². The van der Waals surface area contributed by atoms with Crippen LogP contribution in [0.2, 0.25) is 0 Å². The van der Waals surface area contributed by atoms with E-state index in [9.17, 15) is 9.59 Å². The summed E-state index contributed by atoms with van der Waals surface area (Å²) in [5.74, 6) is 0.596. The number of thioether (sulfide) groups is 1. The molecule has 8 heteroatoms. The summed E-state index contributed by atoms with van der Waals surface area (Å²) in [4.78, 5) is 24.0. The second-order valence-corrected chi connectivity index (χ2v) is 7.18. The molecule has 0 aliphatic rings. The van der Waals surface area contributed by atoms with Crippen molar-refractivity contribution < 1.29 is 9.59 Å². The van der Waals surface area contributed by atoms with Crippen LogP contribution >= 0.6 is 11.8 Å². The maximum atomic E-state index is 12.2. The van der Waals surface area contributed by atoms with E-state index in [2.05, 4.69) is 20.8 Å². The van der Waals surface area contributed by atoms with Crippen LogP contribution in [-0.4, -0.2) is 44.9 Å². The molecule has 0 aliphatic carbocycles. The standard InChI is InChI=1S/C19H27N5O2S/c1-5-11-20-18(26)14(4)21-16(25)12-27-19-23-22-17(24(19)6-2)15-10-8-7-9-13(15)3/h7-10,14H,5-6,11-12H2,1-4H3,(H,20,26)(H,21,25)/t14-/m0/s1. The van der Waals surface area contributed by atoms with Crippen molar-refractivity contribution in [1.29, 1.82) is 0 Å². The van der Waals surface area contributed by atoms with Crippen LogP contribution in [0.1, 0.15) is 32.8 Å². The lowest BCUT2D eigenvalue weighted by Crippen LogP contribution is -2.45. The van der Waals surface area contributed by atoms with Gasteiger partial charge in [-0.25, -0.2) is 0 Å². The third kappa shape index (κ3) is 5.56. The first kappa shape index (κ1) is 21.0. The van der Waals surface area contributed by atoms with Crippen molar-refractivity contribution in [2.45, 2.75) is 51.9 Å². The van der Waals surface area contributed by atoms with Crippen molar-refractivity contribution in [1.82, 2.24) is 25.4 Å². The smallest absolute Gasteiger partial charge is 0.242 e. The minimum atomic E-state index is -0.559. The van der Waals surface area contributed by atoms with Gasteiger partial charge >= 0.3 is 0 Å². The van der Waals surface area contributed by atoms with Crippen LogP contribution in [0.5, 0.6) is 0 Å². The predicted molar refractivity (Wildman–Crippen MR) is 107 cm³/mol. The quantitative estimate of drug-likeness (QED) is 0.643. The monoisotopic (exact) mass is 389 g/mol. The number of aryl methyl sites for hydroxylation is 1. The highest BCUT2D eigenvalue weighted by molar-refractivity contribution is 7.99. The molecule has 0 spiro atoms. The van der Waals surface area contributed by atoms with Gasteiger partial charge in [0, 0.05) is 18.7 Å². The summed E-state index contributed by atoms with van der Waals surface area (Å²) in [7, 11) is 0. The number of hydrogen-bond donors (Lipinski definition) is 2. The molecule has 7 nitrogen and oxygen atoms in total. The molecule has 0 fully saturated rings. The summed E-state index contributed by atoms with van der Waals surface area (Å²) in [6.45, 7) is 9.03. The molecule has 1 atom stereocenters. The molecule has 0 unspecified atom stereocenters. The van der Waals surface area contributed by atoms with E-state index in [1.165, 1.54) is 11.8 Å². The van der Waals surface area contributed by atoms with Crippen LogP contribution in [0.15, 0.2) is 29.4 Å². The SMILES string of the molecule is CCCNC(=O)[C@H](C)NC(=O)CSc1nnc(-c2ccccc2C)n1CC. The van der Waals surface area contributed by atoms with E-state index >= 15 is 0 Å². The van der Waals surface area contributed by atoms with E-state index in [1.54, 1.807) is 6.92 Å². The third-order valence-electron chi connectivity index (χ3n) is 4.07. The Kier molecular flexibility index (Phi) is 7.84. The maximum Gasteiger partial charge on any atom is 0.242 e. The van der Waals surface area contributed by atoms with E-state index in [0.29, 0.717) is 18.2 Å². The van der Waals surface area contributed by atoms with Gasteiger partial charge in [-0.2, -0.15) is 0 Å². The van der Waals surface area contributed by atoms with Gasteiger partial charge < -0.3 is 15.2 Å². The topological polar surface area (TPSA) is 88.9 Å². The molecule has 1 aromatic carbocycles. The minimum absolute atomic E-state index is 0.172. The molecular formula is C19H27N5O2S. The van der Waals surface area contributed by atoms with E-state index in [4.69, 9.17) is 0 Å². The normalized spacial score (nSPS) is 11.9. The number of hydrogen-bond acceptors (Lipinski definition) is 5. The number of aromatic nitrogens is 3.